The molecule has 29 heavy (non-hydrogen) atoms. The van der Waals surface area contributed by atoms with Crippen LogP contribution in [-0.4, -0.2) is 33.4 Å². The van der Waals surface area contributed by atoms with Crippen LogP contribution in [0, 0.1) is 18.3 Å². The van der Waals surface area contributed by atoms with Gasteiger partial charge < -0.3 is 18.9 Å². The SMILES string of the molecule is COc1cc(-c2cc(-c3ccc(C)cc3)nc(OC)c2C#N)cc(OC)c1OC. The van der Waals surface area contributed by atoms with E-state index in [-0.39, 0.29) is 5.88 Å². The predicted octanol–water partition coefficient (Wildman–Crippen LogP) is 4.63. The summed E-state index contributed by atoms with van der Waals surface area (Å²) in [4.78, 5) is 4.54. The second kappa shape index (κ2) is 8.53. The zero-order chi connectivity index (χ0) is 21.0. The molecule has 2 aromatic carbocycles. The van der Waals surface area contributed by atoms with E-state index < -0.39 is 0 Å². The molecule has 0 fully saturated rings. The minimum absolute atomic E-state index is 0.259. The van der Waals surface area contributed by atoms with E-state index in [1.807, 2.05) is 37.3 Å². The first-order valence-corrected chi connectivity index (χ1v) is 8.92. The average molecular weight is 390 g/mol. The van der Waals surface area contributed by atoms with Crippen molar-refractivity contribution in [3.63, 3.8) is 0 Å². The lowest BCUT2D eigenvalue weighted by Crippen LogP contribution is -1.99. The van der Waals surface area contributed by atoms with E-state index >= 15 is 0 Å². The molecule has 0 amide bonds. The summed E-state index contributed by atoms with van der Waals surface area (Å²) in [5.41, 5.74) is 4.49. The van der Waals surface area contributed by atoms with Crippen molar-refractivity contribution in [2.24, 2.45) is 0 Å². The summed E-state index contributed by atoms with van der Waals surface area (Å²) in [7, 11) is 6.15. The quantitative estimate of drug-likeness (QED) is 0.611. The highest BCUT2D eigenvalue weighted by atomic mass is 16.5. The molecule has 3 rings (SSSR count). The van der Waals surface area contributed by atoms with Gasteiger partial charge in [0.1, 0.15) is 11.6 Å². The summed E-state index contributed by atoms with van der Waals surface area (Å²) in [6, 6.07) is 15.7. The van der Waals surface area contributed by atoms with Crippen molar-refractivity contribution in [2.45, 2.75) is 6.92 Å². The minimum atomic E-state index is 0.259. The Bertz CT molecular complexity index is 1040. The molecule has 0 saturated heterocycles. The molecule has 0 aliphatic heterocycles. The second-order valence-electron chi connectivity index (χ2n) is 6.33. The van der Waals surface area contributed by atoms with Crippen LogP contribution in [0.5, 0.6) is 23.1 Å². The van der Waals surface area contributed by atoms with Crippen molar-refractivity contribution in [3.8, 4) is 51.6 Å². The van der Waals surface area contributed by atoms with Crippen LogP contribution in [0.25, 0.3) is 22.4 Å². The molecule has 6 heteroatoms. The Morgan fingerprint density at radius 3 is 1.90 bits per heavy atom. The summed E-state index contributed by atoms with van der Waals surface area (Å²) in [6.07, 6.45) is 0. The fraction of sp³-hybridized carbons (Fsp3) is 0.217. The van der Waals surface area contributed by atoms with Gasteiger partial charge >= 0.3 is 0 Å². The largest absolute Gasteiger partial charge is 0.493 e. The third-order valence-electron chi connectivity index (χ3n) is 4.61. The topological polar surface area (TPSA) is 73.6 Å². The molecule has 6 nitrogen and oxygen atoms in total. The van der Waals surface area contributed by atoms with Crippen LogP contribution in [0.4, 0.5) is 0 Å². The number of hydrogen-bond donors (Lipinski definition) is 0. The number of aromatic nitrogens is 1. The highest BCUT2D eigenvalue weighted by molar-refractivity contribution is 5.80. The highest BCUT2D eigenvalue weighted by Gasteiger charge is 2.20. The van der Waals surface area contributed by atoms with Crippen LogP contribution in [-0.2, 0) is 0 Å². The Kier molecular flexibility index (Phi) is 5.89. The van der Waals surface area contributed by atoms with Gasteiger partial charge in [0.15, 0.2) is 11.5 Å². The van der Waals surface area contributed by atoms with Crippen molar-refractivity contribution in [1.82, 2.24) is 4.98 Å². The van der Waals surface area contributed by atoms with Gasteiger partial charge in [-0.2, -0.15) is 5.26 Å². The van der Waals surface area contributed by atoms with Crippen LogP contribution in [0.2, 0.25) is 0 Å². The summed E-state index contributed by atoms with van der Waals surface area (Å²) in [5.74, 6) is 1.74. The van der Waals surface area contributed by atoms with Crippen LogP contribution in [0.1, 0.15) is 11.1 Å². The molecule has 0 aliphatic carbocycles. The molecule has 0 unspecified atom stereocenters. The number of hydrogen-bond acceptors (Lipinski definition) is 6. The molecule has 0 bridgehead atoms. The molecule has 148 valence electrons. The molecule has 3 aromatic rings. The van der Waals surface area contributed by atoms with Crippen molar-refractivity contribution in [1.29, 1.82) is 5.26 Å². The summed E-state index contributed by atoms with van der Waals surface area (Å²) in [6.45, 7) is 2.03. The maximum Gasteiger partial charge on any atom is 0.232 e. The first-order chi connectivity index (χ1) is 14.1. The number of rotatable bonds is 6. The first-order valence-electron chi connectivity index (χ1n) is 8.92. The Balaban J connectivity index is 2.29. The number of aryl methyl sites for hydroxylation is 1. The number of benzene rings is 2. The third kappa shape index (κ3) is 3.81. The van der Waals surface area contributed by atoms with Gasteiger partial charge in [-0.05, 0) is 30.7 Å². The number of nitriles is 1. The van der Waals surface area contributed by atoms with E-state index in [1.165, 1.54) is 7.11 Å². The van der Waals surface area contributed by atoms with Crippen molar-refractivity contribution < 1.29 is 18.9 Å². The van der Waals surface area contributed by atoms with Gasteiger partial charge in [-0.1, -0.05) is 29.8 Å². The maximum absolute atomic E-state index is 9.79. The lowest BCUT2D eigenvalue weighted by atomic mass is 9.97. The van der Waals surface area contributed by atoms with Gasteiger partial charge in [0.2, 0.25) is 11.6 Å². The predicted molar refractivity (Wildman–Crippen MR) is 111 cm³/mol. The molecule has 0 spiro atoms. The maximum atomic E-state index is 9.79. The van der Waals surface area contributed by atoms with Crippen molar-refractivity contribution in [2.75, 3.05) is 28.4 Å². The Labute approximate surface area is 170 Å². The fourth-order valence-corrected chi connectivity index (χ4v) is 3.11. The van der Waals surface area contributed by atoms with Gasteiger partial charge in [0.25, 0.3) is 0 Å². The normalized spacial score (nSPS) is 10.2. The van der Waals surface area contributed by atoms with Crippen molar-refractivity contribution in [3.05, 3.63) is 53.6 Å². The zero-order valence-corrected chi connectivity index (χ0v) is 17.1. The van der Waals surface area contributed by atoms with Crippen molar-refractivity contribution >= 4 is 0 Å². The number of nitrogens with zero attached hydrogens (tertiary/aromatic N) is 2. The van der Waals surface area contributed by atoms with E-state index in [9.17, 15) is 5.26 Å². The number of pyridine rings is 1. The van der Waals surface area contributed by atoms with Gasteiger partial charge in [0.05, 0.1) is 34.1 Å². The van der Waals surface area contributed by atoms with Crippen LogP contribution >= 0.6 is 0 Å². The molecule has 0 N–H and O–H groups in total. The second-order valence-corrected chi connectivity index (χ2v) is 6.33. The first kappa shape index (κ1) is 20.0. The van der Waals surface area contributed by atoms with E-state index in [1.54, 1.807) is 33.5 Å². The van der Waals surface area contributed by atoms with E-state index in [0.717, 1.165) is 16.7 Å². The van der Waals surface area contributed by atoms with Crippen LogP contribution in [0.3, 0.4) is 0 Å². The minimum Gasteiger partial charge on any atom is -0.493 e. The molecular weight excluding hydrogens is 368 g/mol. The monoisotopic (exact) mass is 390 g/mol. The summed E-state index contributed by atoms with van der Waals surface area (Å²) in [5, 5.41) is 9.79. The molecule has 0 saturated carbocycles. The lowest BCUT2D eigenvalue weighted by Gasteiger charge is -2.16. The lowest BCUT2D eigenvalue weighted by molar-refractivity contribution is 0.324. The Morgan fingerprint density at radius 1 is 0.793 bits per heavy atom. The Hall–Kier alpha value is -3.72. The van der Waals surface area contributed by atoms with Gasteiger partial charge in [-0.25, -0.2) is 4.98 Å². The summed E-state index contributed by atoms with van der Waals surface area (Å²) < 4.78 is 21.8. The molecular formula is C23H22N2O4. The fourth-order valence-electron chi connectivity index (χ4n) is 3.11. The van der Waals surface area contributed by atoms with Crippen LogP contribution < -0.4 is 18.9 Å². The Morgan fingerprint density at radius 2 is 1.41 bits per heavy atom. The van der Waals surface area contributed by atoms with Crippen LogP contribution in [0.15, 0.2) is 42.5 Å². The highest BCUT2D eigenvalue weighted by Crippen LogP contribution is 2.43. The number of ether oxygens (including phenoxy) is 4. The number of methoxy groups -OCH3 is 4. The van der Waals surface area contributed by atoms with Gasteiger partial charge in [-0.15, -0.1) is 0 Å². The molecule has 1 aromatic heterocycles. The zero-order valence-electron chi connectivity index (χ0n) is 17.1. The smallest absolute Gasteiger partial charge is 0.232 e. The molecule has 0 atom stereocenters. The average Bonchev–Trinajstić information content (AvgIpc) is 2.77. The van der Waals surface area contributed by atoms with E-state index in [0.29, 0.717) is 34.1 Å². The third-order valence-corrected chi connectivity index (χ3v) is 4.61. The summed E-state index contributed by atoms with van der Waals surface area (Å²) >= 11 is 0. The van der Waals surface area contributed by atoms with E-state index in [2.05, 4.69) is 11.1 Å². The van der Waals surface area contributed by atoms with Gasteiger partial charge in [0, 0.05) is 11.1 Å². The molecule has 1 heterocycles. The van der Waals surface area contributed by atoms with Gasteiger partial charge in [-0.3, -0.25) is 0 Å². The molecule has 0 radical (unpaired) electrons. The standard InChI is InChI=1S/C23H22N2O4/c1-14-6-8-15(9-7-14)19-12-17(18(13-24)23(25-19)29-5)16-10-20(26-2)22(28-4)21(11-16)27-3/h6-12H,1-5H3. The van der Waals surface area contributed by atoms with E-state index in [4.69, 9.17) is 18.9 Å². The molecule has 0 aliphatic rings.